The maximum atomic E-state index is 13.5. The first-order chi connectivity index (χ1) is 15.0. The van der Waals surface area contributed by atoms with E-state index in [1.807, 2.05) is 19.9 Å². The molecule has 4 rings (SSSR count). The van der Waals surface area contributed by atoms with Crippen molar-refractivity contribution in [3.05, 3.63) is 0 Å². The highest BCUT2D eigenvalue weighted by atomic mass is 32.2. The molecular formula is C22H33FN4O4S. The summed E-state index contributed by atoms with van der Waals surface area (Å²) in [6.07, 6.45) is 2.09. The van der Waals surface area contributed by atoms with Crippen molar-refractivity contribution in [2.45, 2.75) is 70.6 Å². The van der Waals surface area contributed by atoms with Crippen LogP contribution in [-0.2, 0) is 19.6 Å². The molecule has 4 aliphatic rings. The Labute approximate surface area is 189 Å². The molecule has 0 aromatic heterocycles. The van der Waals surface area contributed by atoms with Gasteiger partial charge in [-0.05, 0) is 37.0 Å². The topological polar surface area (TPSA) is 111 Å². The highest BCUT2D eigenvalue weighted by molar-refractivity contribution is 7.89. The molecule has 0 spiro atoms. The van der Waals surface area contributed by atoms with Crippen molar-refractivity contribution in [1.82, 2.24) is 14.5 Å². The molecule has 1 unspecified atom stereocenters. The summed E-state index contributed by atoms with van der Waals surface area (Å²) in [6, 6.07) is 1.24. The van der Waals surface area contributed by atoms with Gasteiger partial charge < -0.3 is 10.2 Å². The van der Waals surface area contributed by atoms with E-state index in [4.69, 9.17) is 5.26 Å². The number of sulfonamides is 1. The van der Waals surface area contributed by atoms with E-state index in [1.165, 1.54) is 9.21 Å². The smallest absolute Gasteiger partial charge is 0.237 e. The molecular weight excluding hydrogens is 435 g/mol. The Hall–Kier alpha value is -1.57. The van der Waals surface area contributed by atoms with E-state index >= 15 is 0 Å². The number of hydrogen-bond acceptors (Lipinski definition) is 6. The van der Waals surface area contributed by atoms with Crippen LogP contribution in [0.1, 0.15) is 52.4 Å². The van der Waals surface area contributed by atoms with E-state index in [1.54, 1.807) is 0 Å². The van der Waals surface area contributed by atoms with Gasteiger partial charge in [0, 0.05) is 37.4 Å². The highest BCUT2D eigenvalue weighted by Gasteiger charge is 2.65. The van der Waals surface area contributed by atoms with Gasteiger partial charge in [-0.25, -0.2) is 17.1 Å². The fourth-order valence-corrected chi connectivity index (χ4v) is 8.61. The summed E-state index contributed by atoms with van der Waals surface area (Å²) >= 11 is 0. The molecule has 1 N–H and O–H groups in total. The molecule has 2 aliphatic heterocycles. The van der Waals surface area contributed by atoms with Crippen molar-refractivity contribution in [2.24, 2.45) is 16.7 Å². The van der Waals surface area contributed by atoms with Gasteiger partial charge >= 0.3 is 0 Å². The number of fused-ring (bicyclic) bond motifs is 2. The Balaban J connectivity index is 1.30. The third-order valence-corrected chi connectivity index (χ3v) is 10.7. The number of nitrogens with one attached hydrogen (secondary N) is 1. The van der Waals surface area contributed by atoms with E-state index in [-0.39, 0.29) is 54.3 Å². The molecule has 8 nitrogen and oxygen atoms in total. The molecule has 2 saturated carbocycles. The summed E-state index contributed by atoms with van der Waals surface area (Å²) < 4.78 is 41.5. The fourth-order valence-electron chi connectivity index (χ4n) is 6.36. The van der Waals surface area contributed by atoms with Crippen LogP contribution in [0.2, 0.25) is 0 Å². The predicted octanol–water partition coefficient (Wildman–Crippen LogP) is 1.23. The number of Topliss-reactive ketones (excluding diaryl/α,β-unsaturated/α-hetero) is 1. The van der Waals surface area contributed by atoms with Crippen LogP contribution in [0.25, 0.3) is 0 Å². The molecule has 1 amide bonds. The summed E-state index contributed by atoms with van der Waals surface area (Å²) in [5, 5.41) is 12.3. The van der Waals surface area contributed by atoms with Gasteiger partial charge in [-0.2, -0.15) is 5.26 Å². The maximum absolute atomic E-state index is 13.5. The van der Waals surface area contributed by atoms with Crippen LogP contribution in [0.15, 0.2) is 0 Å². The number of ketones is 1. The summed E-state index contributed by atoms with van der Waals surface area (Å²) in [4.78, 5) is 26.4. The van der Waals surface area contributed by atoms with Gasteiger partial charge in [0.05, 0.1) is 24.9 Å². The average molecular weight is 469 g/mol. The lowest BCUT2D eigenvalue weighted by molar-refractivity contribution is -0.130. The third kappa shape index (κ3) is 3.86. The number of halogens is 1. The van der Waals surface area contributed by atoms with Crippen LogP contribution in [0.3, 0.4) is 0 Å². The van der Waals surface area contributed by atoms with Gasteiger partial charge in [-0.1, -0.05) is 13.8 Å². The quantitative estimate of drug-likeness (QED) is 0.628. The van der Waals surface area contributed by atoms with E-state index in [9.17, 15) is 22.4 Å². The zero-order valence-electron chi connectivity index (χ0n) is 18.8. The second kappa shape index (κ2) is 8.33. The minimum atomic E-state index is -3.57. The van der Waals surface area contributed by atoms with Crippen molar-refractivity contribution in [1.29, 1.82) is 5.26 Å². The molecule has 2 bridgehead atoms. The summed E-state index contributed by atoms with van der Waals surface area (Å²) in [5.41, 5.74) is -1.05. The summed E-state index contributed by atoms with van der Waals surface area (Å²) in [5.74, 6) is -0.0240. The number of hydrogen-bond donors (Lipinski definition) is 1. The number of alkyl halides is 1. The number of piperidine rings is 1. The Bertz CT molecular complexity index is 925. The largest absolute Gasteiger partial charge is 0.323 e. The standard InChI is InChI=1S/C22H33FN4O4S/c1-21(2)15-3-6-22(21,19(28)9-15)14-32(30,31)26-7-4-17(5-8-26)25-12-20(29)27-13-16(23)10-18(27)11-24/h15-18,25H,3-10,12-14H2,1-2H3/t15-,16+,18+,22?/m1/s1. The predicted molar refractivity (Wildman–Crippen MR) is 116 cm³/mol. The third-order valence-electron chi connectivity index (χ3n) is 8.68. The molecule has 0 aromatic carbocycles. The fraction of sp³-hybridized carbons (Fsp3) is 0.864. The SMILES string of the molecule is CC1(C)[C@@H]2CCC1(CS(=O)(=O)N1CCC(NCC(=O)N3C[C@@H](F)C[C@H]3C#N)CC1)C(=O)C2. The molecule has 32 heavy (non-hydrogen) atoms. The van der Waals surface area contributed by atoms with Crippen molar-refractivity contribution >= 4 is 21.7 Å². The van der Waals surface area contributed by atoms with Gasteiger partial charge in [-0.15, -0.1) is 0 Å². The number of nitriles is 1. The molecule has 0 aromatic rings. The maximum Gasteiger partial charge on any atom is 0.237 e. The number of rotatable bonds is 6. The van der Waals surface area contributed by atoms with Crippen molar-refractivity contribution in [3.8, 4) is 6.07 Å². The van der Waals surface area contributed by atoms with Crippen LogP contribution < -0.4 is 5.32 Å². The van der Waals surface area contributed by atoms with E-state index < -0.39 is 27.7 Å². The Morgan fingerprint density at radius 3 is 2.53 bits per heavy atom. The highest BCUT2D eigenvalue weighted by Crippen LogP contribution is 2.64. The molecule has 4 atom stereocenters. The second-order valence-corrected chi connectivity index (χ2v) is 12.5. The minimum absolute atomic E-state index is 0.00943. The average Bonchev–Trinajstić information content (AvgIpc) is 3.30. The zero-order valence-corrected chi connectivity index (χ0v) is 19.7. The normalized spacial score (nSPS) is 35.4. The number of likely N-dealkylation sites (tertiary alicyclic amines) is 1. The van der Waals surface area contributed by atoms with Crippen LogP contribution in [0, 0.1) is 28.1 Å². The molecule has 2 aliphatic carbocycles. The van der Waals surface area contributed by atoms with E-state index in [2.05, 4.69) is 5.32 Å². The van der Waals surface area contributed by atoms with Crippen LogP contribution >= 0.6 is 0 Å². The van der Waals surface area contributed by atoms with Crippen molar-refractivity contribution in [2.75, 3.05) is 31.9 Å². The lowest BCUT2D eigenvalue weighted by atomic mass is 9.70. The molecule has 2 heterocycles. The lowest BCUT2D eigenvalue weighted by Crippen LogP contribution is -2.51. The Kier molecular flexibility index (Phi) is 6.14. The lowest BCUT2D eigenvalue weighted by Gasteiger charge is -2.39. The van der Waals surface area contributed by atoms with Crippen molar-refractivity contribution in [3.63, 3.8) is 0 Å². The Morgan fingerprint density at radius 1 is 1.28 bits per heavy atom. The number of nitrogens with zero attached hydrogens (tertiary/aromatic N) is 3. The van der Waals surface area contributed by atoms with E-state index in [0.717, 1.165) is 6.42 Å². The van der Waals surface area contributed by atoms with Crippen LogP contribution in [0.5, 0.6) is 0 Å². The zero-order chi connectivity index (χ0) is 23.3. The van der Waals surface area contributed by atoms with Crippen LogP contribution in [-0.4, -0.2) is 79.5 Å². The monoisotopic (exact) mass is 468 g/mol. The molecule has 2 saturated heterocycles. The minimum Gasteiger partial charge on any atom is -0.323 e. The van der Waals surface area contributed by atoms with Gasteiger partial charge in [0.2, 0.25) is 15.9 Å². The second-order valence-electron chi connectivity index (χ2n) is 10.5. The first kappa shape index (κ1) is 23.6. The van der Waals surface area contributed by atoms with Crippen LogP contribution in [0.4, 0.5) is 4.39 Å². The van der Waals surface area contributed by atoms with Gasteiger partial charge in [0.1, 0.15) is 18.0 Å². The number of carbonyl (C=O) groups excluding carboxylic acids is 2. The summed E-state index contributed by atoms with van der Waals surface area (Å²) in [6.45, 7) is 4.74. The number of amides is 1. The molecule has 4 fully saturated rings. The van der Waals surface area contributed by atoms with Crippen molar-refractivity contribution < 1.29 is 22.4 Å². The Morgan fingerprint density at radius 2 is 1.97 bits per heavy atom. The molecule has 178 valence electrons. The van der Waals surface area contributed by atoms with Gasteiger partial charge in [0.25, 0.3) is 0 Å². The van der Waals surface area contributed by atoms with Gasteiger partial charge in [0.15, 0.2) is 0 Å². The van der Waals surface area contributed by atoms with E-state index in [0.29, 0.717) is 38.8 Å². The molecule has 0 radical (unpaired) electrons. The number of carbonyl (C=O) groups is 2. The molecule has 10 heteroatoms. The summed E-state index contributed by atoms with van der Waals surface area (Å²) in [7, 11) is -3.57. The first-order valence-electron chi connectivity index (χ1n) is 11.6. The van der Waals surface area contributed by atoms with Gasteiger partial charge in [-0.3, -0.25) is 9.59 Å². The first-order valence-corrected chi connectivity index (χ1v) is 13.2.